The Balaban J connectivity index is 0.00000180. The minimum absolute atomic E-state index is 0. The fourth-order valence-electron chi connectivity index (χ4n) is 1.69. The second kappa shape index (κ2) is 6.54. The summed E-state index contributed by atoms with van der Waals surface area (Å²) in [5, 5.41) is 2.73. The molecule has 3 N–H and O–H groups in total. The Hall–Kier alpha value is -1.59. The van der Waals surface area contributed by atoms with Crippen LogP contribution >= 0.6 is 12.4 Å². The van der Waals surface area contributed by atoms with Crippen molar-refractivity contribution in [2.24, 2.45) is 5.73 Å². The highest BCUT2D eigenvalue weighted by molar-refractivity contribution is 5.85. The molecule has 19 heavy (non-hydrogen) atoms. The molecule has 0 fully saturated rings. The number of nitrogens with zero attached hydrogens (tertiary/aromatic N) is 1. The number of aromatic nitrogens is 1. The second-order valence-electron chi connectivity index (χ2n) is 4.36. The van der Waals surface area contributed by atoms with E-state index in [-0.39, 0.29) is 18.3 Å². The van der Waals surface area contributed by atoms with Gasteiger partial charge in [0.2, 0.25) is 5.91 Å². The van der Waals surface area contributed by atoms with Crippen LogP contribution in [0.1, 0.15) is 18.4 Å². The summed E-state index contributed by atoms with van der Waals surface area (Å²) in [4.78, 5) is 15.7. The van der Waals surface area contributed by atoms with Gasteiger partial charge in [-0.3, -0.25) is 4.79 Å². The van der Waals surface area contributed by atoms with Gasteiger partial charge in [0.25, 0.3) is 0 Å². The van der Waals surface area contributed by atoms with E-state index in [1.165, 1.54) is 0 Å². The molecule has 1 aromatic carbocycles. The zero-order valence-corrected chi connectivity index (χ0v) is 11.8. The summed E-state index contributed by atoms with van der Waals surface area (Å²) in [5.74, 6) is 0.464. The Morgan fingerprint density at radius 2 is 2.26 bits per heavy atom. The molecule has 0 aliphatic heterocycles. The predicted molar refractivity (Wildman–Crippen MR) is 76.4 cm³/mol. The van der Waals surface area contributed by atoms with Crippen molar-refractivity contribution in [3.63, 3.8) is 0 Å². The van der Waals surface area contributed by atoms with E-state index in [2.05, 4.69) is 10.3 Å². The molecule has 6 heteroatoms. The van der Waals surface area contributed by atoms with Crippen LogP contribution in [0.5, 0.6) is 0 Å². The van der Waals surface area contributed by atoms with E-state index in [4.69, 9.17) is 10.2 Å². The van der Waals surface area contributed by atoms with Gasteiger partial charge in [0.05, 0.1) is 6.04 Å². The highest BCUT2D eigenvalue weighted by Gasteiger charge is 2.09. The number of hydrogen-bond acceptors (Lipinski definition) is 4. The first-order chi connectivity index (χ1) is 8.58. The van der Waals surface area contributed by atoms with E-state index in [1.807, 2.05) is 25.1 Å². The molecular weight excluding hydrogens is 266 g/mol. The molecule has 0 radical (unpaired) electrons. The Morgan fingerprint density at radius 3 is 2.89 bits per heavy atom. The number of oxazole rings is 1. The highest BCUT2D eigenvalue weighted by Crippen LogP contribution is 2.18. The van der Waals surface area contributed by atoms with Crippen molar-refractivity contribution in [2.75, 3.05) is 6.54 Å². The third-order valence-corrected chi connectivity index (χ3v) is 2.72. The molecule has 1 aromatic heterocycles. The van der Waals surface area contributed by atoms with Gasteiger partial charge in [-0.1, -0.05) is 12.1 Å². The molecule has 5 nitrogen and oxygen atoms in total. The molecule has 0 unspecified atom stereocenters. The Bertz CT molecular complexity index is 566. The van der Waals surface area contributed by atoms with Gasteiger partial charge in [0, 0.05) is 13.0 Å². The number of rotatable bonds is 4. The van der Waals surface area contributed by atoms with Gasteiger partial charge in [0.15, 0.2) is 11.5 Å². The fraction of sp³-hybridized carbons (Fsp3) is 0.385. The molecule has 0 aliphatic carbocycles. The predicted octanol–water partition coefficient (Wildman–Crippen LogP) is 1.56. The number of carbonyl (C=O) groups is 1. The third kappa shape index (κ3) is 3.68. The van der Waals surface area contributed by atoms with Crippen molar-refractivity contribution in [1.29, 1.82) is 0 Å². The molecule has 0 saturated carbocycles. The average Bonchev–Trinajstić information content (AvgIpc) is 2.73. The van der Waals surface area contributed by atoms with Crippen LogP contribution in [-0.4, -0.2) is 23.5 Å². The van der Waals surface area contributed by atoms with E-state index >= 15 is 0 Å². The molecule has 0 saturated heterocycles. The maximum Gasteiger partial charge on any atom is 0.236 e. The topological polar surface area (TPSA) is 81.2 Å². The van der Waals surface area contributed by atoms with Crippen LogP contribution in [0.4, 0.5) is 0 Å². The summed E-state index contributed by atoms with van der Waals surface area (Å²) in [7, 11) is 0. The molecule has 2 rings (SSSR count). The maximum absolute atomic E-state index is 11.3. The van der Waals surface area contributed by atoms with Gasteiger partial charge in [-0.2, -0.15) is 0 Å². The molecule has 1 heterocycles. The SMILES string of the molecule is Cc1cccc2oc(CCNC(=O)[C@H](C)N)nc12.Cl. The minimum Gasteiger partial charge on any atom is -0.441 e. The van der Waals surface area contributed by atoms with E-state index in [0.29, 0.717) is 18.9 Å². The number of amides is 1. The quantitative estimate of drug-likeness (QED) is 0.892. The maximum atomic E-state index is 11.3. The van der Waals surface area contributed by atoms with E-state index < -0.39 is 6.04 Å². The number of fused-ring (bicyclic) bond motifs is 1. The lowest BCUT2D eigenvalue weighted by Gasteiger charge is -2.05. The number of nitrogens with one attached hydrogen (secondary N) is 1. The van der Waals surface area contributed by atoms with Gasteiger partial charge in [-0.05, 0) is 25.5 Å². The number of hydrogen-bond donors (Lipinski definition) is 2. The Morgan fingerprint density at radius 1 is 1.53 bits per heavy atom. The lowest BCUT2D eigenvalue weighted by Crippen LogP contribution is -2.39. The number of halogens is 1. The van der Waals surface area contributed by atoms with Gasteiger partial charge in [0.1, 0.15) is 5.52 Å². The van der Waals surface area contributed by atoms with E-state index in [0.717, 1.165) is 16.7 Å². The molecule has 0 bridgehead atoms. The normalized spacial score (nSPS) is 11.9. The number of benzene rings is 1. The van der Waals surface area contributed by atoms with Gasteiger partial charge in [-0.25, -0.2) is 4.98 Å². The van der Waals surface area contributed by atoms with Gasteiger partial charge < -0.3 is 15.5 Å². The summed E-state index contributed by atoms with van der Waals surface area (Å²) < 4.78 is 5.60. The van der Waals surface area contributed by atoms with Crippen molar-refractivity contribution >= 4 is 29.4 Å². The summed E-state index contributed by atoms with van der Waals surface area (Å²) in [6.07, 6.45) is 0.562. The van der Waals surface area contributed by atoms with Crippen molar-refractivity contribution in [3.05, 3.63) is 29.7 Å². The third-order valence-electron chi connectivity index (χ3n) is 2.72. The first-order valence-electron chi connectivity index (χ1n) is 5.96. The van der Waals surface area contributed by atoms with Crippen LogP contribution in [0.15, 0.2) is 22.6 Å². The van der Waals surface area contributed by atoms with Crippen LogP contribution in [0.3, 0.4) is 0 Å². The first-order valence-corrected chi connectivity index (χ1v) is 5.96. The summed E-state index contributed by atoms with van der Waals surface area (Å²) >= 11 is 0. The van der Waals surface area contributed by atoms with Crippen LogP contribution in [0.25, 0.3) is 11.1 Å². The number of nitrogens with two attached hydrogens (primary N) is 1. The number of aryl methyl sites for hydroxylation is 1. The lowest BCUT2D eigenvalue weighted by atomic mass is 10.2. The van der Waals surface area contributed by atoms with Crippen LogP contribution in [0.2, 0.25) is 0 Å². The minimum atomic E-state index is -0.490. The molecule has 0 spiro atoms. The smallest absolute Gasteiger partial charge is 0.236 e. The zero-order chi connectivity index (χ0) is 13.1. The average molecular weight is 284 g/mol. The molecule has 1 amide bonds. The van der Waals surface area contributed by atoms with Crippen molar-refractivity contribution < 1.29 is 9.21 Å². The van der Waals surface area contributed by atoms with E-state index in [9.17, 15) is 4.79 Å². The Kier molecular flexibility index (Phi) is 5.32. The van der Waals surface area contributed by atoms with Crippen molar-refractivity contribution in [2.45, 2.75) is 26.3 Å². The van der Waals surface area contributed by atoms with Crippen LogP contribution in [0, 0.1) is 6.92 Å². The zero-order valence-electron chi connectivity index (χ0n) is 11.0. The van der Waals surface area contributed by atoms with Crippen molar-refractivity contribution in [1.82, 2.24) is 10.3 Å². The van der Waals surface area contributed by atoms with Crippen molar-refractivity contribution in [3.8, 4) is 0 Å². The van der Waals surface area contributed by atoms with Crippen LogP contribution < -0.4 is 11.1 Å². The highest BCUT2D eigenvalue weighted by atomic mass is 35.5. The summed E-state index contributed by atoms with van der Waals surface area (Å²) in [5.41, 5.74) is 8.19. The second-order valence-corrected chi connectivity index (χ2v) is 4.36. The number of para-hydroxylation sites is 1. The molecule has 104 valence electrons. The van der Waals surface area contributed by atoms with Crippen LogP contribution in [-0.2, 0) is 11.2 Å². The molecule has 0 aliphatic rings. The van der Waals surface area contributed by atoms with Gasteiger partial charge in [-0.15, -0.1) is 12.4 Å². The molecule has 1 atom stereocenters. The fourth-order valence-corrected chi connectivity index (χ4v) is 1.69. The standard InChI is InChI=1S/C13H17N3O2.ClH/c1-8-4-3-5-10-12(8)16-11(18-10)6-7-15-13(17)9(2)14;/h3-5,9H,6-7,14H2,1-2H3,(H,15,17);1H/t9-;/m0./s1. The first kappa shape index (κ1) is 15.5. The van der Waals surface area contributed by atoms with E-state index in [1.54, 1.807) is 6.92 Å². The van der Waals surface area contributed by atoms with Gasteiger partial charge >= 0.3 is 0 Å². The number of carbonyl (C=O) groups excluding carboxylic acids is 1. The summed E-state index contributed by atoms with van der Waals surface area (Å²) in [6.45, 7) is 4.12. The summed E-state index contributed by atoms with van der Waals surface area (Å²) in [6, 6.07) is 5.33. The molecular formula is C13H18ClN3O2. The lowest BCUT2D eigenvalue weighted by molar-refractivity contribution is -0.121. The Labute approximate surface area is 118 Å². The largest absolute Gasteiger partial charge is 0.441 e. The molecule has 2 aromatic rings. The monoisotopic (exact) mass is 283 g/mol.